The molecule has 0 amide bonds. The summed E-state index contributed by atoms with van der Waals surface area (Å²) in [6, 6.07) is 8.91. The molecule has 0 bridgehead atoms. The number of rotatable bonds is 3. The van der Waals surface area contributed by atoms with Crippen LogP contribution in [0.2, 0.25) is 0 Å². The van der Waals surface area contributed by atoms with Crippen molar-refractivity contribution in [3.63, 3.8) is 0 Å². The minimum absolute atomic E-state index is 0.407. The van der Waals surface area contributed by atoms with Gasteiger partial charge >= 0.3 is 5.97 Å². The van der Waals surface area contributed by atoms with Gasteiger partial charge in [0.15, 0.2) is 5.92 Å². The van der Waals surface area contributed by atoms with Gasteiger partial charge in [0, 0.05) is 0 Å². The standard InChI is InChI=1S/C12H13NO2/c1-8(2)9-3-5-10(6-4-9)11(7-13)12(14)15/h3-6,8,11H,1-2H3,(H,14,15). The van der Waals surface area contributed by atoms with Gasteiger partial charge in [-0.15, -0.1) is 0 Å². The zero-order valence-electron chi connectivity index (χ0n) is 8.77. The van der Waals surface area contributed by atoms with Crippen molar-refractivity contribution in [1.82, 2.24) is 0 Å². The normalized spacial score (nSPS) is 12.1. The van der Waals surface area contributed by atoms with Crippen molar-refractivity contribution in [1.29, 1.82) is 5.26 Å². The number of carboxylic acid groups (broad SMARTS) is 1. The van der Waals surface area contributed by atoms with Crippen molar-refractivity contribution < 1.29 is 9.90 Å². The van der Waals surface area contributed by atoms with Gasteiger partial charge in [0.25, 0.3) is 0 Å². The summed E-state index contributed by atoms with van der Waals surface area (Å²) in [6.07, 6.45) is 0. The first-order valence-corrected chi connectivity index (χ1v) is 4.78. The van der Waals surface area contributed by atoms with Crippen LogP contribution in [0.25, 0.3) is 0 Å². The van der Waals surface area contributed by atoms with Gasteiger partial charge in [-0.25, -0.2) is 0 Å². The summed E-state index contributed by atoms with van der Waals surface area (Å²) < 4.78 is 0. The number of nitrogens with zero attached hydrogens (tertiary/aromatic N) is 1. The maximum absolute atomic E-state index is 10.7. The minimum atomic E-state index is -1.10. The molecule has 0 aliphatic rings. The van der Waals surface area contributed by atoms with Crippen LogP contribution >= 0.6 is 0 Å². The lowest BCUT2D eigenvalue weighted by molar-refractivity contribution is -0.137. The first-order chi connectivity index (χ1) is 7.06. The topological polar surface area (TPSA) is 61.1 Å². The van der Waals surface area contributed by atoms with Gasteiger partial charge < -0.3 is 5.11 Å². The van der Waals surface area contributed by atoms with Gasteiger partial charge in [-0.2, -0.15) is 5.26 Å². The van der Waals surface area contributed by atoms with E-state index in [4.69, 9.17) is 10.4 Å². The minimum Gasteiger partial charge on any atom is -0.480 e. The fraction of sp³-hybridized carbons (Fsp3) is 0.333. The summed E-state index contributed by atoms with van der Waals surface area (Å²) in [5.41, 5.74) is 1.68. The average molecular weight is 203 g/mol. The fourth-order valence-corrected chi connectivity index (χ4v) is 1.35. The summed E-state index contributed by atoms with van der Waals surface area (Å²) in [6.45, 7) is 4.13. The van der Waals surface area contributed by atoms with Crippen LogP contribution in [0.1, 0.15) is 36.8 Å². The van der Waals surface area contributed by atoms with Crippen molar-refractivity contribution in [2.75, 3.05) is 0 Å². The van der Waals surface area contributed by atoms with Crippen LogP contribution in [-0.2, 0) is 4.79 Å². The van der Waals surface area contributed by atoms with Crippen molar-refractivity contribution in [2.24, 2.45) is 0 Å². The van der Waals surface area contributed by atoms with Gasteiger partial charge in [-0.3, -0.25) is 4.79 Å². The maximum atomic E-state index is 10.7. The second-order valence-corrected chi connectivity index (χ2v) is 3.72. The van der Waals surface area contributed by atoms with Crippen LogP contribution in [-0.4, -0.2) is 11.1 Å². The summed E-state index contributed by atoms with van der Waals surface area (Å²) >= 11 is 0. The van der Waals surface area contributed by atoms with Crippen LogP contribution in [0.3, 0.4) is 0 Å². The van der Waals surface area contributed by atoms with E-state index in [1.54, 1.807) is 18.2 Å². The summed E-state index contributed by atoms with van der Waals surface area (Å²) in [5, 5.41) is 17.5. The fourth-order valence-electron chi connectivity index (χ4n) is 1.35. The van der Waals surface area contributed by atoms with E-state index in [2.05, 4.69) is 13.8 Å². The van der Waals surface area contributed by atoms with Gasteiger partial charge in [0.1, 0.15) is 0 Å². The number of carbonyl (C=O) groups is 1. The number of hydrogen-bond acceptors (Lipinski definition) is 2. The molecule has 0 radical (unpaired) electrons. The monoisotopic (exact) mass is 203 g/mol. The largest absolute Gasteiger partial charge is 0.480 e. The van der Waals surface area contributed by atoms with Gasteiger partial charge in [-0.1, -0.05) is 38.1 Å². The van der Waals surface area contributed by atoms with Crippen LogP contribution in [0.4, 0.5) is 0 Å². The van der Waals surface area contributed by atoms with Crippen LogP contribution in [0, 0.1) is 11.3 Å². The number of nitriles is 1. The molecule has 0 heterocycles. The Balaban J connectivity index is 2.98. The average Bonchev–Trinajstić information content (AvgIpc) is 2.19. The SMILES string of the molecule is CC(C)c1ccc(C(C#N)C(=O)O)cc1. The molecule has 3 nitrogen and oxygen atoms in total. The molecule has 0 saturated heterocycles. The predicted octanol–water partition coefficient (Wildman–Crippen LogP) is 2.50. The van der Waals surface area contributed by atoms with Gasteiger partial charge in [0.05, 0.1) is 6.07 Å². The third-order valence-corrected chi connectivity index (χ3v) is 2.31. The number of hydrogen-bond donors (Lipinski definition) is 1. The number of aliphatic carboxylic acids is 1. The molecule has 0 spiro atoms. The summed E-state index contributed by atoms with van der Waals surface area (Å²) in [7, 11) is 0. The molecule has 15 heavy (non-hydrogen) atoms. The van der Waals surface area contributed by atoms with E-state index in [-0.39, 0.29) is 0 Å². The molecule has 1 aromatic rings. The lowest BCUT2D eigenvalue weighted by atomic mass is 9.96. The van der Waals surface area contributed by atoms with Crippen LogP contribution < -0.4 is 0 Å². The molecular formula is C12H13NO2. The second kappa shape index (κ2) is 4.61. The van der Waals surface area contributed by atoms with E-state index in [9.17, 15) is 4.79 Å². The van der Waals surface area contributed by atoms with Gasteiger partial charge in [0.2, 0.25) is 0 Å². The summed E-state index contributed by atoms with van der Waals surface area (Å²) in [5.74, 6) is -1.76. The quantitative estimate of drug-likeness (QED) is 0.820. The Morgan fingerprint density at radius 3 is 2.07 bits per heavy atom. The highest BCUT2D eigenvalue weighted by molar-refractivity contribution is 5.79. The highest BCUT2D eigenvalue weighted by Gasteiger charge is 2.18. The Kier molecular flexibility index (Phi) is 3.46. The van der Waals surface area contributed by atoms with E-state index < -0.39 is 11.9 Å². The molecule has 1 unspecified atom stereocenters. The second-order valence-electron chi connectivity index (χ2n) is 3.72. The van der Waals surface area contributed by atoms with Crippen molar-refractivity contribution >= 4 is 5.97 Å². The first kappa shape index (κ1) is 11.3. The molecular weight excluding hydrogens is 190 g/mol. The zero-order chi connectivity index (χ0) is 11.4. The van der Waals surface area contributed by atoms with Crippen molar-refractivity contribution in [2.45, 2.75) is 25.7 Å². The van der Waals surface area contributed by atoms with E-state index in [0.29, 0.717) is 11.5 Å². The molecule has 0 fully saturated rings. The summed E-state index contributed by atoms with van der Waals surface area (Å²) in [4.78, 5) is 10.7. The molecule has 78 valence electrons. The number of carboxylic acids is 1. The third kappa shape index (κ3) is 2.57. The Bertz CT molecular complexity index is 387. The Hall–Kier alpha value is -1.82. The lowest BCUT2D eigenvalue weighted by Crippen LogP contribution is -2.09. The molecule has 0 aliphatic carbocycles. The van der Waals surface area contributed by atoms with Crippen molar-refractivity contribution in [3.8, 4) is 6.07 Å². The third-order valence-electron chi connectivity index (χ3n) is 2.31. The highest BCUT2D eigenvalue weighted by Crippen LogP contribution is 2.19. The molecule has 1 N–H and O–H groups in total. The van der Waals surface area contributed by atoms with E-state index in [0.717, 1.165) is 5.56 Å². The predicted molar refractivity (Wildman–Crippen MR) is 56.5 cm³/mol. The molecule has 0 aliphatic heterocycles. The smallest absolute Gasteiger partial charge is 0.325 e. The zero-order valence-corrected chi connectivity index (χ0v) is 8.77. The van der Waals surface area contributed by atoms with Crippen molar-refractivity contribution in [3.05, 3.63) is 35.4 Å². The molecule has 3 heteroatoms. The Morgan fingerprint density at radius 1 is 1.27 bits per heavy atom. The maximum Gasteiger partial charge on any atom is 0.325 e. The van der Waals surface area contributed by atoms with E-state index in [1.807, 2.05) is 12.1 Å². The van der Waals surface area contributed by atoms with Crippen LogP contribution in [0.5, 0.6) is 0 Å². The Labute approximate surface area is 89.0 Å². The molecule has 1 aromatic carbocycles. The Morgan fingerprint density at radius 2 is 1.73 bits per heavy atom. The van der Waals surface area contributed by atoms with E-state index in [1.165, 1.54) is 0 Å². The molecule has 1 atom stereocenters. The highest BCUT2D eigenvalue weighted by atomic mass is 16.4. The molecule has 1 rings (SSSR count). The first-order valence-electron chi connectivity index (χ1n) is 4.78. The molecule has 0 saturated carbocycles. The molecule has 0 aromatic heterocycles. The number of benzene rings is 1. The lowest BCUT2D eigenvalue weighted by Gasteiger charge is -2.08. The van der Waals surface area contributed by atoms with Gasteiger partial charge in [-0.05, 0) is 17.0 Å². The van der Waals surface area contributed by atoms with Crippen LogP contribution in [0.15, 0.2) is 24.3 Å². The van der Waals surface area contributed by atoms with E-state index >= 15 is 0 Å².